The second-order valence-electron chi connectivity index (χ2n) is 3.67. The summed E-state index contributed by atoms with van der Waals surface area (Å²) in [6.45, 7) is 5.71. The molecule has 0 aliphatic rings. The SMILES string of the molecule is CCC(/C=C/c1noc(C)c1[N+](=O)[O-])CC. The van der Waals surface area contributed by atoms with E-state index in [1.807, 2.05) is 6.08 Å². The minimum atomic E-state index is -0.460. The molecule has 0 saturated heterocycles. The number of nitro groups is 1. The van der Waals surface area contributed by atoms with Crippen molar-refractivity contribution in [1.29, 1.82) is 0 Å². The first-order valence-corrected chi connectivity index (χ1v) is 5.39. The number of rotatable bonds is 5. The van der Waals surface area contributed by atoms with E-state index in [4.69, 9.17) is 4.52 Å². The first-order valence-electron chi connectivity index (χ1n) is 5.39. The third-order valence-corrected chi connectivity index (χ3v) is 2.61. The second-order valence-corrected chi connectivity index (χ2v) is 3.67. The third kappa shape index (κ3) is 2.68. The van der Waals surface area contributed by atoms with Gasteiger partial charge < -0.3 is 4.52 Å². The average molecular weight is 224 g/mol. The minimum Gasteiger partial charge on any atom is -0.354 e. The van der Waals surface area contributed by atoms with Gasteiger partial charge in [-0.1, -0.05) is 25.1 Å². The van der Waals surface area contributed by atoms with Crippen LogP contribution in [-0.4, -0.2) is 10.1 Å². The number of hydrogen-bond donors (Lipinski definition) is 0. The first kappa shape index (κ1) is 12.4. The fourth-order valence-electron chi connectivity index (χ4n) is 1.50. The molecule has 1 aromatic heterocycles. The van der Waals surface area contributed by atoms with E-state index in [-0.39, 0.29) is 11.4 Å². The van der Waals surface area contributed by atoms with Crippen molar-refractivity contribution in [2.45, 2.75) is 33.6 Å². The van der Waals surface area contributed by atoms with Gasteiger partial charge in [0.05, 0.1) is 4.92 Å². The van der Waals surface area contributed by atoms with Crippen molar-refractivity contribution >= 4 is 11.8 Å². The Hall–Kier alpha value is -1.65. The predicted molar refractivity (Wildman–Crippen MR) is 61.0 cm³/mol. The monoisotopic (exact) mass is 224 g/mol. The molecule has 1 rings (SSSR count). The van der Waals surface area contributed by atoms with Crippen molar-refractivity contribution in [2.75, 3.05) is 0 Å². The summed E-state index contributed by atoms with van der Waals surface area (Å²) in [5, 5.41) is 14.4. The predicted octanol–water partition coefficient (Wildman–Crippen LogP) is 3.34. The average Bonchev–Trinajstić information content (AvgIpc) is 2.61. The van der Waals surface area contributed by atoms with Crippen LogP contribution < -0.4 is 0 Å². The highest BCUT2D eigenvalue weighted by atomic mass is 16.6. The van der Waals surface area contributed by atoms with Crippen molar-refractivity contribution in [3.63, 3.8) is 0 Å². The van der Waals surface area contributed by atoms with Crippen LogP contribution in [0.1, 0.15) is 38.1 Å². The molecule has 0 fully saturated rings. The maximum absolute atomic E-state index is 10.8. The lowest BCUT2D eigenvalue weighted by molar-refractivity contribution is -0.386. The molecule has 16 heavy (non-hydrogen) atoms. The molecule has 5 heteroatoms. The van der Waals surface area contributed by atoms with E-state index in [9.17, 15) is 10.1 Å². The highest BCUT2D eigenvalue weighted by molar-refractivity contribution is 5.57. The van der Waals surface area contributed by atoms with E-state index >= 15 is 0 Å². The Morgan fingerprint density at radius 2 is 2.12 bits per heavy atom. The highest BCUT2D eigenvalue weighted by Crippen LogP contribution is 2.24. The van der Waals surface area contributed by atoms with E-state index in [1.54, 1.807) is 13.0 Å². The summed E-state index contributed by atoms with van der Waals surface area (Å²) in [6, 6.07) is 0. The Morgan fingerprint density at radius 3 is 2.62 bits per heavy atom. The van der Waals surface area contributed by atoms with Gasteiger partial charge in [0.2, 0.25) is 5.76 Å². The van der Waals surface area contributed by atoms with Gasteiger partial charge in [-0.05, 0) is 24.8 Å². The topological polar surface area (TPSA) is 69.2 Å². The summed E-state index contributed by atoms with van der Waals surface area (Å²) >= 11 is 0. The molecule has 0 radical (unpaired) electrons. The Balaban J connectivity index is 2.93. The van der Waals surface area contributed by atoms with Gasteiger partial charge in [-0.2, -0.15) is 0 Å². The van der Waals surface area contributed by atoms with Crippen LogP contribution in [-0.2, 0) is 0 Å². The van der Waals surface area contributed by atoms with Gasteiger partial charge in [0.1, 0.15) is 0 Å². The molecular weight excluding hydrogens is 208 g/mol. The van der Waals surface area contributed by atoms with Gasteiger partial charge in [-0.15, -0.1) is 0 Å². The fourth-order valence-corrected chi connectivity index (χ4v) is 1.50. The zero-order chi connectivity index (χ0) is 12.1. The fraction of sp³-hybridized carbons (Fsp3) is 0.545. The van der Waals surface area contributed by atoms with Gasteiger partial charge in [0, 0.05) is 6.92 Å². The summed E-state index contributed by atoms with van der Waals surface area (Å²) < 4.78 is 4.81. The Bertz CT molecular complexity index is 392. The largest absolute Gasteiger partial charge is 0.354 e. The van der Waals surface area contributed by atoms with E-state index < -0.39 is 4.92 Å². The molecule has 1 heterocycles. The van der Waals surface area contributed by atoms with Crippen LogP contribution in [0.2, 0.25) is 0 Å². The molecular formula is C11H16N2O3. The molecule has 0 unspecified atom stereocenters. The lowest BCUT2D eigenvalue weighted by atomic mass is 10.0. The van der Waals surface area contributed by atoms with Crippen molar-refractivity contribution in [2.24, 2.45) is 5.92 Å². The molecule has 0 atom stereocenters. The van der Waals surface area contributed by atoms with E-state index in [0.29, 0.717) is 11.6 Å². The van der Waals surface area contributed by atoms with Crippen LogP contribution >= 0.6 is 0 Å². The van der Waals surface area contributed by atoms with Crippen LogP contribution in [0.3, 0.4) is 0 Å². The molecule has 0 saturated carbocycles. The normalized spacial score (nSPS) is 11.5. The summed E-state index contributed by atoms with van der Waals surface area (Å²) in [4.78, 5) is 10.3. The van der Waals surface area contributed by atoms with Gasteiger partial charge in [0.15, 0.2) is 5.69 Å². The Morgan fingerprint density at radius 1 is 1.50 bits per heavy atom. The lowest BCUT2D eigenvalue weighted by Gasteiger charge is -2.03. The number of aryl methyl sites for hydroxylation is 1. The highest BCUT2D eigenvalue weighted by Gasteiger charge is 2.21. The summed E-state index contributed by atoms with van der Waals surface area (Å²) in [7, 11) is 0. The molecule has 5 nitrogen and oxygen atoms in total. The van der Waals surface area contributed by atoms with E-state index in [2.05, 4.69) is 19.0 Å². The van der Waals surface area contributed by atoms with Gasteiger partial charge in [-0.3, -0.25) is 10.1 Å². The summed E-state index contributed by atoms with van der Waals surface area (Å²) in [5.41, 5.74) is 0.261. The molecule has 0 aromatic carbocycles. The van der Waals surface area contributed by atoms with E-state index in [0.717, 1.165) is 12.8 Å². The zero-order valence-corrected chi connectivity index (χ0v) is 9.77. The number of allylic oxidation sites excluding steroid dienone is 1. The van der Waals surface area contributed by atoms with Crippen molar-refractivity contribution < 1.29 is 9.45 Å². The van der Waals surface area contributed by atoms with Crippen molar-refractivity contribution in [3.05, 3.63) is 27.6 Å². The van der Waals surface area contributed by atoms with Gasteiger partial charge in [0.25, 0.3) is 0 Å². The lowest BCUT2D eigenvalue weighted by Crippen LogP contribution is -1.93. The van der Waals surface area contributed by atoms with Crippen molar-refractivity contribution in [3.8, 4) is 0 Å². The molecule has 0 aliphatic carbocycles. The summed E-state index contributed by atoms with van der Waals surface area (Å²) in [6.07, 6.45) is 5.64. The minimum absolute atomic E-state index is 0.0396. The third-order valence-electron chi connectivity index (χ3n) is 2.61. The molecule has 0 aliphatic heterocycles. The zero-order valence-electron chi connectivity index (χ0n) is 9.77. The number of hydrogen-bond acceptors (Lipinski definition) is 4. The molecule has 1 aromatic rings. The summed E-state index contributed by atoms with van der Waals surface area (Å²) in [5.74, 6) is 0.672. The molecule has 0 N–H and O–H groups in total. The van der Waals surface area contributed by atoms with Gasteiger partial charge in [-0.25, -0.2) is 0 Å². The maximum Gasteiger partial charge on any atom is 0.338 e. The maximum atomic E-state index is 10.8. The van der Waals surface area contributed by atoms with Crippen LogP contribution in [0.25, 0.3) is 6.08 Å². The Kier molecular flexibility index (Phi) is 4.22. The number of nitrogens with zero attached hydrogens (tertiary/aromatic N) is 2. The standard InChI is InChI=1S/C11H16N2O3/c1-4-9(5-2)6-7-10-11(13(14)15)8(3)16-12-10/h6-7,9H,4-5H2,1-3H3/b7-6+. The molecule has 0 spiro atoms. The number of aromatic nitrogens is 1. The van der Waals surface area contributed by atoms with Gasteiger partial charge >= 0.3 is 5.69 Å². The Labute approximate surface area is 94.3 Å². The molecule has 0 bridgehead atoms. The second kappa shape index (κ2) is 5.44. The first-order chi connectivity index (χ1) is 7.60. The van der Waals surface area contributed by atoms with E-state index in [1.165, 1.54) is 0 Å². The van der Waals surface area contributed by atoms with Crippen LogP contribution in [0.4, 0.5) is 5.69 Å². The van der Waals surface area contributed by atoms with Crippen molar-refractivity contribution in [1.82, 2.24) is 5.16 Å². The molecule has 88 valence electrons. The van der Waals surface area contributed by atoms with Crippen LogP contribution in [0.5, 0.6) is 0 Å². The quantitative estimate of drug-likeness (QED) is 0.568. The molecule has 0 amide bonds. The van der Waals surface area contributed by atoms with Crippen LogP contribution in [0.15, 0.2) is 10.6 Å². The van der Waals surface area contributed by atoms with Crippen LogP contribution in [0, 0.1) is 23.0 Å². The smallest absolute Gasteiger partial charge is 0.338 e.